The minimum Gasteiger partial charge on any atom is -0.395 e. The van der Waals surface area contributed by atoms with E-state index >= 15 is 0 Å². The van der Waals surface area contributed by atoms with E-state index in [4.69, 9.17) is 5.11 Å². The van der Waals surface area contributed by atoms with Gasteiger partial charge in [-0.15, -0.1) is 0 Å². The predicted octanol–water partition coefficient (Wildman–Crippen LogP) is 0.108. The van der Waals surface area contributed by atoms with Crippen LogP contribution in [0.1, 0.15) is 13.8 Å². The van der Waals surface area contributed by atoms with Crippen molar-refractivity contribution in [3.63, 3.8) is 0 Å². The highest BCUT2D eigenvalue weighted by Gasteiger charge is 2.23. The zero-order valence-corrected chi connectivity index (χ0v) is 9.38. The van der Waals surface area contributed by atoms with Crippen molar-refractivity contribution in [3.05, 3.63) is 22.5 Å². The number of rotatable bonds is 6. The molecule has 0 saturated carbocycles. The Hall–Kier alpha value is -1.47. The Morgan fingerprint density at radius 3 is 2.88 bits per heavy atom. The molecule has 0 aliphatic rings. The first-order valence-electron chi connectivity index (χ1n) is 4.98. The van der Waals surface area contributed by atoms with Crippen molar-refractivity contribution >= 4 is 5.69 Å². The van der Waals surface area contributed by atoms with Crippen molar-refractivity contribution in [2.45, 2.75) is 19.4 Å². The van der Waals surface area contributed by atoms with Gasteiger partial charge in [-0.05, 0) is 13.8 Å². The number of nitrogens with one attached hydrogen (secondary N) is 1. The molecule has 1 rings (SSSR count). The fourth-order valence-electron chi connectivity index (χ4n) is 1.29. The number of aliphatic hydroxyl groups excluding tert-OH is 1. The largest absolute Gasteiger partial charge is 0.395 e. The first kappa shape index (κ1) is 12.6. The summed E-state index contributed by atoms with van der Waals surface area (Å²) in [4.78, 5) is 10.0. The normalized spacial score (nSPS) is 11.7. The Labute approximate surface area is 93.2 Å². The average Bonchev–Trinajstić information content (AvgIpc) is 2.67. The van der Waals surface area contributed by atoms with Gasteiger partial charge in [0.25, 0.3) is 0 Å². The van der Waals surface area contributed by atoms with Gasteiger partial charge >= 0.3 is 5.69 Å². The average molecular weight is 228 g/mol. The molecule has 0 bridgehead atoms. The van der Waals surface area contributed by atoms with Crippen LogP contribution in [0.25, 0.3) is 0 Å². The van der Waals surface area contributed by atoms with Gasteiger partial charge in [-0.1, -0.05) is 0 Å². The molecular formula is C9H16N4O3. The van der Waals surface area contributed by atoms with E-state index in [0.717, 1.165) is 0 Å². The fourth-order valence-corrected chi connectivity index (χ4v) is 1.29. The monoisotopic (exact) mass is 228 g/mol. The molecule has 0 aliphatic carbocycles. The van der Waals surface area contributed by atoms with E-state index in [2.05, 4.69) is 10.4 Å². The predicted molar refractivity (Wildman–Crippen MR) is 58.2 cm³/mol. The molecule has 0 atom stereocenters. The van der Waals surface area contributed by atoms with Crippen molar-refractivity contribution in [2.75, 3.05) is 19.7 Å². The molecule has 0 aliphatic heterocycles. The van der Waals surface area contributed by atoms with E-state index in [9.17, 15) is 10.1 Å². The Bertz CT molecular complexity index is 361. The highest BCUT2D eigenvalue weighted by Crippen LogP contribution is 2.17. The lowest BCUT2D eigenvalue weighted by Crippen LogP contribution is -2.39. The summed E-state index contributed by atoms with van der Waals surface area (Å²) in [7, 11) is 0. The fraction of sp³-hybridized carbons (Fsp3) is 0.667. The van der Waals surface area contributed by atoms with E-state index in [0.29, 0.717) is 13.1 Å². The Kier molecular flexibility index (Phi) is 3.97. The van der Waals surface area contributed by atoms with Crippen molar-refractivity contribution in [1.29, 1.82) is 0 Å². The van der Waals surface area contributed by atoms with Gasteiger partial charge in [0.1, 0.15) is 12.4 Å². The third-order valence-electron chi connectivity index (χ3n) is 2.25. The molecule has 16 heavy (non-hydrogen) atoms. The molecule has 0 saturated heterocycles. The maximum absolute atomic E-state index is 10.5. The lowest BCUT2D eigenvalue weighted by Gasteiger charge is -2.25. The maximum atomic E-state index is 10.5. The molecule has 1 aromatic rings. The molecule has 7 heteroatoms. The molecule has 0 radical (unpaired) electrons. The van der Waals surface area contributed by atoms with Crippen LogP contribution in [0, 0.1) is 10.1 Å². The second kappa shape index (κ2) is 5.04. The van der Waals surface area contributed by atoms with Crippen molar-refractivity contribution in [1.82, 2.24) is 15.1 Å². The van der Waals surface area contributed by atoms with Crippen molar-refractivity contribution < 1.29 is 10.0 Å². The van der Waals surface area contributed by atoms with Gasteiger partial charge in [0.2, 0.25) is 0 Å². The van der Waals surface area contributed by atoms with Gasteiger partial charge in [0.05, 0.1) is 17.1 Å². The van der Waals surface area contributed by atoms with Crippen LogP contribution in [0.2, 0.25) is 0 Å². The lowest BCUT2D eigenvalue weighted by atomic mass is 10.1. The van der Waals surface area contributed by atoms with Crippen LogP contribution >= 0.6 is 0 Å². The number of nitro groups is 1. The summed E-state index contributed by atoms with van der Waals surface area (Å²) < 4.78 is 1.55. The zero-order valence-electron chi connectivity index (χ0n) is 9.38. The van der Waals surface area contributed by atoms with Crippen LogP contribution in [0.4, 0.5) is 5.69 Å². The van der Waals surface area contributed by atoms with Gasteiger partial charge in [-0.25, -0.2) is 0 Å². The summed E-state index contributed by atoms with van der Waals surface area (Å²) in [5.41, 5.74) is -0.390. The Morgan fingerprint density at radius 2 is 2.38 bits per heavy atom. The minimum absolute atomic E-state index is 0.0183. The molecule has 0 spiro atoms. The van der Waals surface area contributed by atoms with Gasteiger partial charge in [-0.2, -0.15) is 5.10 Å². The summed E-state index contributed by atoms with van der Waals surface area (Å²) in [6, 6.07) is 0. The second-order valence-electron chi connectivity index (χ2n) is 4.11. The molecule has 0 amide bonds. The van der Waals surface area contributed by atoms with Gasteiger partial charge in [-0.3, -0.25) is 14.8 Å². The van der Waals surface area contributed by atoms with Crippen molar-refractivity contribution in [3.8, 4) is 0 Å². The Morgan fingerprint density at radius 1 is 1.69 bits per heavy atom. The molecule has 0 aromatic carbocycles. The molecule has 1 aromatic heterocycles. The first-order chi connectivity index (χ1) is 7.47. The summed E-state index contributed by atoms with van der Waals surface area (Å²) in [5, 5.41) is 26.1. The SMILES string of the molecule is CC(C)(CNCCO)n1cc([N+](=O)[O-])cn1. The van der Waals surface area contributed by atoms with Crippen LogP contribution in [0.15, 0.2) is 12.4 Å². The molecule has 0 fully saturated rings. The van der Waals surface area contributed by atoms with E-state index in [1.807, 2.05) is 13.8 Å². The minimum atomic E-state index is -0.471. The highest BCUT2D eigenvalue weighted by molar-refractivity contribution is 5.21. The molecule has 7 nitrogen and oxygen atoms in total. The highest BCUT2D eigenvalue weighted by atomic mass is 16.6. The van der Waals surface area contributed by atoms with Crippen LogP contribution in [0.3, 0.4) is 0 Å². The van der Waals surface area contributed by atoms with Gasteiger partial charge in [0, 0.05) is 13.1 Å². The first-order valence-corrected chi connectivity index (χ1v) is 4.98. The summed E-state index contributed by atoms with van der Waals surface area (Å²) >= 11 is 0. The Balaban J connectivity index is 2.69. The van der Waals surface area contributed by atoms with Gasteiger partial charge in [0.15, 0.2) is 0 Å². The van der Waals surface area contributed by atoms with Crippen LogP contribution < -0.4 is 5.32 Å². The van der Waals surface area contributed by atoms with Crippen LogP contribution in [0.5, 0.6) is 0 Å². The molecular weight excluding hydrogens is 212 g/mol. The van der Waals surface area contributed by atoms with Crippen molar-refractivity contribution in [2.24, 2.45) is 0 Å². The molecule has 90 valence electrons. The standard InChI is InChI=1S/C9H16N4O3/c1-9(2,7-10-3-4-14)12-6-8(5-11-12)13(15)16/h5-6,10,14H,3-4,7H2,1-2H3. The second-order valence-corrected chi connectivity index (χ2v) is 4.11. The summed E-state index contributed by atoms with van der Waals surface area (Å²) in [5.74, 6) is 0. The van der Waals surface area contributed by atoms with Crippen LogP contribution in [-0.2, 0) is 5.54 Å². The van der Waals surface area contributed by atoms with E-state index < -0.39 is 4.92 Å². The molecule has 0 unspecified atom stereocenters. The number of aromatic nitrogens is 2. The number of aliphatic hydroxyl groups is 1. The summed E-state index contributed by atoms with van der Waals surface area (Å²) in [6.07, 6.45) is 2.63. The topological polar surface area (TPSA) is 93.2 Å². The van der Waals surface area contributed by atoms with Crippen LogP contribution in [-0.4, -0.2) is 39.5 Å². The zero-order chi connectivity index (χ0) is 12.2. The number of hydrogen-bond donors (Lipinski definition) is 2. The van der Waals surface area contributed by atoms with E-state index in [1.165, 1.54) is 12.4 Å². The third-order valence-corrected chi connectivity index (χ3v) is 2.25. The summed E-state index contributed by atoms with van der Waals surface area (Å²) in [6.45, 7) is 4.96. The van der Waals surface area contributed by atoms with E-state index in [1.54, 1.807) is 4.68 Å². The number of hydrogen-bond acceptors (Lipinski definition) is 5. The quantitative estimate of drug-likeness (QED) is 0.409. The molecule has 2 N–H and O–H groups in total. The van der Waals surface area contributed by atoms with Gasteiger partial charge < -0.3 is 10.4 Å². The smallest absolute Gasteiger partial charge is 0.307 e. The lowest BCUT2D eigenvalue weighted by molar-refractivity contribution is -0.385. The number of nitrogens with zero attached hydrogens (tertiary/aromatic N) is 3. The maximum Gasteiger partial charge on any atom is 0.307 e. The third kappa shape index (κ3) is 3.01. The molecule has 1 heterocycles. The van der Waals surface area contributed by atoms with E-state index in [-0.39, 0.29) is 17.8 Å².